The lowest BCUT2D eigenvalue weighted by Crippen LogP contribution is -2.09. The number of aliphatic hydroxyl groups is 1. The van der Waals surface area contributed by atoms with Crippen LogP contribution in [0.15, 0.2) is 0 Å². The van der Waals surface area contributed by atoms with Crippen molar-refractivity contribution in [1.29, 1.82) is 1.43 Å². The molecule has 0 bridgehead atoms. The van der Waals surface area contributed by atoms with Gasteiger partial charge < -0.3 is 5.11 Å². The van der Waals surface area contributed by atoms with Gasteiger partial charge in [0.15, 0.2) is 0 Å². The predicted octanol–water partition coefficient (Wildman–Crippen LogP) is 1.31. The second-order valence-corrected chi connectivity index (χ2v) is 1.54. The number of hydrogen-bond donors (Lipinski definition) is 1. The van der Waals surface area contributed by atoms with E-state index in [2.05, 4.69) is 5.11 Å². The van der Waals surface area contributed by atoms with Crippen molar-refractivity contribution in [3.63, 3.8) is 0 Å². The van der Waals surface area contributed by atoms with Crippen molar-refractivity contribution in [1.82, 2.24) is 0 Å². The van der Waals surface area contributed by atoms with E-state index in [0.29, 0.717) is 6.42 Å². The molecule has 0 aromatic rings. The van der Waals surface area contributed by atoms with Gasteiger partial charge in [0, 0.05) is 5.48 Å². The first-order valence-electron chi connectivity index (χ1n) is 5.32. The molecule has 0 amide bonds. The van der Waals surface area contributed by atoms with Crippen LogP contribution < -0.4 is 0 Å². The Morgan fingerprint density at radius 2 is 2.29 bits per heavy atom. The predicted molar refractivity (Wildman–Crippen MR) is 29.1 cm³/mol. The average Bonchev–Trinajstić information content (AvgIpc) is 1.99. The molecule has 0 atom stereocenters. The van der Waals surface area contributed by atoms with Crippen LogP contribution in [0.25, 0.3) is 0 Å². The van der Waals surface area contributed by atoms with Gasteiger partial charge >= 0.3 is 0 Å². The number of rotatable bonds is 1. The van der Waals surface area contributed by atoms with Crippen molar-refractivity contribution in [3.8, 4) is 0 Å². The lowest BCUT2D eigenvalue weighted by atomic mass is 9.98. The maximum Gasteiger partial charge on any atom is 0.210 e. The summed E-state index contributed by atoms with van der Waals surface area (Å²) in [6.07, 6.45) is -6.10. The highest BCUT2D eigenvalue weighted by atomic mass is 16.3. The Balaban J connectivity index is 3.05. The summed E-state index contributed by atoms with van der Waals surface area (Å²) in [5, 5.41) is 3.98. The second-order valence-electron chi connectivity index (χ2n) is 1.54. The Bertz CT molecular complexity index is 187. The molecule has 42 valence electrons. The highest BCUT2D eigenvalue weighted by Crippen LogP contribution is 2.16. The first kappa shape index (κ1) is 1.47. The lowest BCUT2D eigenvalue weighted by molar-refractivity contribution is 0.130. The molecule has 1 heteroatoms. The highest BCUT2D eigenvalue weighted by molar-refractivity contribution is 4.61. The maximum atomic E-state index is 7.52. The van der Waals surface area contributed by atoms with Crippen molar-refractivity contribution in [3.05, 3.63) is 0 Å². The fraction of sp³-hybridized carbons (Fsp3) is 1.00. The molecule has 1 aliphatic carbocycles. The second kappa shape index (κ2) is 2.31. The largest absolute Gasteiger partial charge is 0.393 e. The third kappa shape index (κ3) is 1.48. The van der Waals surface area contributed by atoms with Gasteiger partial charge in [-0.3, -0.25) is 0 Å². The summed E-state index contributed by atoms with van der Waals surface area (Å²) in [4.78, 5) is 0. The molecular weight excluding hydrogens is 88.1 g/mol. The molecule has 0 unspecified atom stereocenters. The van der Waals surface area contributed by atoms with Gasteiger partial charge in [-0.05, 0) is 12.7 Å². The molecular formula is C6H12O. The summed E-state index contributed by atoms with van der Waals surface area (Å²) >= 11 is 0. The molecule has 7 heavy (non-hydrogen) atoms. The van der Waals surface area contributed by atoms with E-state index < -0.39 is 18.8 Å². The van der Waals surface area contributed by atoms with E-state index in [1.807, 2.05) is 0 Å². The Hall–Kier alpha value is -0.0400. The van der Waals surface area contributed by atoms with Crippen LogP contribution in [0.1, 0.15) is 38.9 Å². The molecule has 1 rings (SSSR count). The zero-order valence-electron chi connectivity index (χ0n) is 10.0. The molecule has 0 radical (unpaired) electrons. The van der Waals surface area contributed by atoms with E-state index in [1.54, 1.807) is 0 Å². The average molecular weight is 106 g/mol. The van der Waals surface area contributed by atoms with E-state index in [9.17, 15) is 0 Å². The van der Waals surface area contributed by atoms with Gasteiger partial charge in [-0.15, -0.1) is 0 Å². The van der Waals surface area contributed by atoms with Crippen molar-refractivity contribution in [2.75, 3.05) is 0 Å². The summed E-state index contributed by atoms with van der Waals surface area (Å²) in [6.45, 7) is 0. The van der Waals surface area contributed by atoms with Gasteiger partial charge in [-0.1, -0.05) is 19.3 Å². The fourth-order valence-electron chi connectivity index (χ4n) is 0.555. The summed E-state index contributed by atoms with van der Waals surface area (Å²) in [5.74, 6) is 0. The molecule has 0 heterocycles. The van der Waals surface area contributed by atoms with Crippen LogP contribution in [0.3, 0.4) is 0 Å². The Kier molecular flexibility index (Phi) is 0.487. The summed E-state index contributed by atoms with van der Waals surface area (Å²) in [5.41, 5.74) is 0. The standard InChI is InChI=1S/C6H12O/c7-6-4-2-1-3-5-6/h6-7H,1-5H2/i4D2,5D2,6D,7D. The zero-order valence-corrected chi connectivity index (χ0v) is 4.03. The van der Waals surface area contributed by atoms with E-state index in [-0.39, 0.29) is 12.8 Å². The molecule has 1 aliphatic rings. The Labute approximate surface area is 52.9 Å². The van der Waals surface area contributed by atoms with Crippen molar-refractivity contribution in [2.24, 2.45) is 0 Å². The minimum Gasteiger partial charge on any atom is -0.393 e. The van der Waals surface area contributed by atoms with Crippen LogP contribution in [-0.4, -0.2) is 12.6 Å². The van der Waals surface area contributed by atoms with Crippen LogP contribution in [-0.2, 0) is 0 Å². The molecule has 1 fully saturated rings. The van der Waals surface area contributed by atoms with Crippen LogP contribution in [0, 0.1) is 0 Å². The van der Waals surface area contributed by atoms with Crippen molar-refractivity contribution in [2.45, 2.75) is 38.1 Å². The molecule has 0 aliphatic heterocycles. The molecule has 0 aromatic heterocycles. The van der Waals surface area contributed by atoms with Gasteiger partial charge in [0.25, 0.3) is 0 Å². The topological polar surface area (TPSA) is 20.2 Å². The van der Waals surface area contributed by atoms with E-state index in [0.717, 1.165) is 0 Å². The van der Waals surface area contributed by atoms with E-state index >= 15 is 0 Å². The maximum absolute atomic E-state index is 7.52. The minimum absolute atomic E-state index is 0.0644. The zero-order chi connectivity index (χ0) is 10.3. The number of hydrogen-bond acceptors (Lipinski definition) is 1. The molecule has 1 nitrogen and oxygen atoms in total. The smallest absolute Gasteiger partial charge is 0.210 e. The quantitative estimate of drug-likeness (QED) is 0.534. The fourth-order valence-corrected chi connectivity index (χ4v) is 0.555. The molecule has 1 saturated carbocycles. The van der Waals surface area contributed by atoms with Crippen LogP contribution >= 0.6 is 0 Å². The SMILES string of the molecule is [2H]OC1([2H])C([2H])([2H])CCCC1([2H])[2H]. The van der Waals surface area contributed by atoms with Crippen LogP contribution in [0.2, 0.25) is 0 Å². The Morgan fingerprint density at radius 3 is 2.71 bits per heavy atom. The molecule has 0 aromatic carbocycles. The van der Waals surface area contributed by atoms with Crippen molar-refractivity contribution < 1.29 is 12.0 Å². The van der Waals surface area contributed by atoms with Gasteiger partial charge in [-0.25, -0.2) is 0 Å². The summed E-state index contributed by atoms with van der Waals surface area (Å²) in [6, 6.07) is 0. The normalized spacial score (nSPS) is 56.6. The first-order chi connectivity index (χ1) is 5.77. The monoisotopic (exact) mass is 106 g/mol. The summed E-state index contributed by atoms with van der Waals surface area (Å²) < 4.78 is 43.9. The van der Waals surface area contributed by atoms with Crippen molar-refractivity contribution >= 4 is 0 Å². The first-order valence-corrected chi connectivity index (χ1v) is 2.41. The van der Waals surface area contributed by atoms with Gasteiger partial charge in [-0.2, -0.15) is 0 Å². The molecule has 0 spiro atoms. The highest BCUT2D eigenvalue weighted by Gasteiger charge is 2.07. The molecule has 1 N–H and O–H groups in total. The summed E-state index contributed by atoms with van der Waals surface area (Å²) in [7, 11) is 0. The third-order valence-electron chi connectivity index (χ3n) is 0.925. The Morgan fingerprint density at radius 1 is 1.57 bits per heavy atom. The van der Waals surface area contributed by atoms with Crippen LogP contribution in [0.5, 0.6) is 0 Å². The minimum atomic E-state index is -2.40. The van der Waals surface area contributed by atoms with Crippen LogP contribution in [0.4, 0.5) is 0 Å². The van der Waals surface area contributed by atoms with Gasteiger partial charge in [0.2, 0.25) is 1.43 Å². The van der Waals surface area contributed by atoms with Gasteiger partial charge in [0.1, 0.15) is 0 Å². The molecule has 0 saturated heterocycles. The van der Waals surface area contributed by atoms with E-state index in [1.165, 1.54) is 0 Å². The van der Waals surface area contributed by atoms with Gasteiger partial charge in [0.05, 0.1) is 7.45 Å². The lowest BCUT2D eigenvalue weighted by Gasteiger charge is -2.14. The van der Waals surface area contributed by atoms with E-state index in [4.69, 9.17) is 8.28 Å². The third-order valence-corrected chi connectivity index (χ3v) is 0.925.